The molecule has 0 bridgehead atoms. The molecule has 6 N–H and O–H groups in total. The highest BCUT2D eigenvalue weighted by Gasteiger charge is 2.71. The zero-order chi connectivity index (χ0) is 20.6. The highest BCUT2D eigenvalue weighted by molar-refractivity contribution is 14.1. The third kappa shape index (κ3) is 3.57. The van der Waals surface area contributed by atoms with Gasteiger partial charge < -0.3 is 30.4 Å². The van der Waals surface area contributed by atoms with E-state index in [1.807, 2.05) is 4.98 Å². The summed E-state index contributed by atoms with van der Waals surface area (Å²) in [5.41, 5.74) is -5.34. The fourth-order valence-corrected chi connectivity index (χ4v) is 3.26. The smallest absolute Gasteiger partial charge is 0.332 e. The molecule has 0 aromatic carbocycles. The van der Waals surface area contributed by atoms with Gasteiger partial charge in [0.25, 0.3) is 5.56 Å². The first-order chi connectivity index (χ1) is 12.5. The van der Waals surface area contributed by atoms with E-state index in [1.165, 1.54) is 22.6 Å². The van der Waals surface area contributed by atoms with Crippen molar-refractivity contribution in [3.8, 4) is 0 Å². The Balaban J connectivity index is 2.62. The van der Waals surface area contributed by atoms with Crippen LogP contribution in [0.3, 0.4) is 0 Å². The van der Waals surface area contributed by atoms with Crippen LogP contribution in [0.2, 0.25) is 0 Å². The van der Waals surface area contributed by atoms with E-state index in [0.717, 1.165) is 6.20 Å². The average Bonchev–Trinajstić information content (AvgIpc) is 2.84. The molecule has 5 atom stereocenters. The second kappa shape index (κ2) is 8.20. The molecule has 0 amide bonds. The normalized spacial score (nSPS) is 32.2. The Bertz CT molecular complexity index is 790. The number of aliphatic hydroxyl groups is 4. The van der Waals surface area contributed by atoms with Crippen molar-refractivity contribution >= 4 is 22.6 Å². The fourth-order valence-electron chi connectivity index (χ4n) is 2.85. The van der Waals surface area contributed by atoms with Crippen LogP contribution in [0, 0.1) is 3.57 Å². The molecule has 1 aromatic heterocycles. The SMILES string of the molecule is CCCCC(F)N(O)[C@@]1(O)[C@H](O)[C@@H](CO)O[C@]1(O)n1cc(I)c(=O)[nH]c1=O. The third-order valence-corrected chi connectivity index (χ3v) is 5.14. The number of alkyl halides is 1. The molecule has 1 aliphatic rings. The molecular weight excluding hydrogens is 484 g/mol. The van der Waals surface area contributed by atoms with Gasteiger partial charge in [-0.2, -0.15) is 0 Å². The Morgan fingerprint density at radius 1 is 1.48 bits per heavy atom. The lowest BCUT2D eigenvalue weighted by atomic mass is 10.00. The largest absolute Gasteiger partial charge is 0.394 e. The molecule has 154 valence electrons. The van der Waals surface area contributed by atoms with Gasteiger partial charge in [-0.15, -0.1) is 5.06 Å². The predicted octanol–water partition coefficient (Wildman–Crippen LogP) is -1.64. The Labute approximate surface area is 165 Å². The van der Waals surface area contributed by atoms with Gasteiger partial charge in [-0.05, 0) is 35.4 Å². The molecule has 1 saturated heterocycles. The van der Waals surface area contributed by atoms with Gasteiger partial charge >= 0.3 is 11.6 Å². The van der Waals surface area contributed by atoms with Crippen molar-refractivity contribution in [1.29, 1.82) is 0 Å². The summed E-state index contributed by atoms with van der Waals surface area (Å²) < 4.78 is 19.6. The number of aromatic nitrogens is 2. The Kier molecular flexibility index (Phi) is 6.79. The van der Waals surface area contributed by atoms with Crippen LogP contribution < -0.4 is 11.2 Å². The number of halogens is 2. The Morgan fingerprint density at radius 2 is 2.11 bits per heavy atom. The van der Waals surface area contributed by atoms with Gasteiger partial charge in [-0.1, -0.05) is 13.3 Å². The van der Waals surface area contributed by atoms with Gasteiger partial charge in [-0.25, -0.2) is 13.8 Å². The molecule has 0 spiro atoms. The maximum atomic E-state index is 14.4. The number of H-pyrrole nitrogens is 1. The summed E-state index contributed by atoms with van der Waals surface area (Å²) in [5, 5.41) is 51.4. The second-order valence-electron chi connectivity index (χ2n) is 6.15. The van der Waals surface area contributed by atoms with Gasteiger partial charge in [0, 0.05) is 6.20 Å². The van der Waals surface area contributed by atoms with Crippen LogP contribution in [-0.2, 0) is 10.6 Å². The summed E-state index contributed by atoms with van der Waals surface area (Å²) in [6.45, 7) is 0.831. The number of hydrogen-bond donors (Lipinski definition) is 6. The number of hydroxylamine groups is 2. The molecule has 2 rings (SSSR count). The summed E-state index contributed by atoms with van der Waals surface area (Å²) in [6, 6.07) is 0. The summed E-state index contributed by atoms with van der Waals surface area (Å²) in [6.07, 6.45) is -4.73. The fraction of sp³-hybridized carbons (Fsp3) is 0.714. The molecule has 1 unspecified atom stereocenters. The summed E-state index contributed by atoms with van der Waals surface area (Å²) in [7, 11) is 0. The van der Waals surface area contributed by atoms with E-state index in [2.05, 4.69) is 0 Å². The second-order valence-corrected chi connectivity index (χ2v) is 7.31. The highest BCUT2D eigenvalue weighted by atomic mass is 127. The molecule has 27 heavy (non-hydrogen) atoms. The molecule has 13 heteroatoms. The van der Waals surface area contributed by atoms with E-state index in [-0.39, 0.29) is 15.1 Å². The lowest BCUT2D eigenvalue weighted by Gasteiger charge is -2.43. The number of ether oxygens (including phenoxy) is 1. The van der Waals surface area contributed by atoms with Crippen molar-refractivity contribution < 1.29 is 34.8 Å². The zero-order valence-corrected chi connectivity index (χ0v) is 16.4. The van der Waals surface area contributed by atoms with Crippen LogP contribution in [0.5, 0.6) is 0 Å². The molecule has 1 fully saturated rings. The summed E-state index contributed by atoms with van der Waals surface area (Å²) in [5.74, 6) is -3.23. The van der Waals surface area contributed by atoms with Gasteiger partial charge in [-0.3, -0.25) is 9.78 Å². The molecular formula is C14H21FIN3O8. The highest BCUT2D eigenvalue weighted by Crippen LogP contribution is 2.44. The minimum Gasteiger partial charge on any atom is -0.394 e. The van der Waals surface area contributed by atoms with Gasteiger partial charge in [0.05, 0.1) is 10.2 Å². The number of aliphatic hydroxyl groups excluding tert-OH is 2. The van der Waals surface area contributed by atoms with Crippen molar-refractivity contribution in [2.45, 2.75) is 56.3 Å². The zero-order valence-electron chi connectivity index (χ0n) is 14.2. The van der Waals surface area contributed by atoms with Crippen molar-refractivity contribution in [3.05, 3.63) is 30.6 Å². The quantitative estimate of drug-likeness (QED) is 0.110. The maximum absolute atomic E-state index is 14.4. The van der Waals surface area contributed by atoms with Crippen molar-refractivity contribution in [3.63, 3.8) is 0 Å². The Hall–Kier alpha value is -0.940. The lowest BCUT2D eigenvalue weighted by molar-refractivity contribution is -0.428. The van der Waals surface area contributed by atoms with Crippen LogP contribution in [0.1, 0.15) is 26.2 Å². The molecule has 2 heterocycles. The first kappa shape index (κ1) is 22.4. The van der Waals surface area contributed by atoms with Crippen LogP contribution in [0.15, 0.2) is 15.8 Å². The first-order valence-electron chi connectivity index (χ1n) is 8.10. The van der Waals surface area contributed by atoms with Crippen LogP contribution in [-0.4, -0.2) is 71.1 Å². The Morgan fingerprint density at radius 3 is 2.67 bits per heavy atom. The minimum atomic E-state index is -3.28. The van der Waals surface area contributed by atoms with Crippen LogP contribution >= 0.6 is 22.6 Å². The number of rotatable bonds is 7. The number of unbranched alkanes of at least 4 members (excludes halogenated alkanes) is 1. The monoisotopic (exact) mass is 505 g/mol. The molecule has 11 nitrogen and oxygen atoms in total. The van der Waals surface area contributed by atoms with Crippen LogP contribution in [0.25, 0.3) is 0 Å². The number of nitrogens with zero attached hydrogens (tertiary/aromatic N) is 2. The molecule has 1 aliphatic heterocycles. The van der Waals surface area contributed by atoms with Crippen LogP contribution in [0.4, 0.5) is 4.39 Å². The molecule has 0 saturated carbocycles. The van der Waals surface area contributed by atoms with E-state index in [9.17, 15) is 39.6 Å². The summed E-state index contributed by atoms with van der Waals surface area (Å²) in [4.78, 5) is 25.6. The van der Waals surface area contributed by atoms with Gasteiger partial charge in [0.1, 0.15) is 12.2 Å². The third-order valence-electron chi connectivity index (χ3n) is 4.38. The number of hydrogen-bond acceptors (Lipinski definition) is 9. The molecule has 0 radical (unpaired) electrons. The topological polar surface area (TPSA) is 168 Å². The number of aromatic amines is 1. The van der Waals surface area contributed by atoms with E-state index >= 15 is 0 Å². The van der Waals surface area contributed by atoms with Gasteiger partial charge in [0.15, 0.2) is 6.30 Å². The van der Waals surface area contributed by atoms with Crippen molar-refractivity contribution in [2.75, 3.05) is 6.61 Å². The number of nitrogens with one attached hydrogen (secondary N) is 1. The average molecular weight is 505 g/mol. The molecule has 0 aliphatic carbocycles. The first-order valence-corrected chi connectivity index (χ1v) is 9.18. The predicted molar refractivity (Wildman–Crippen MR) is 95.2 cm³/mol. The molecule has 1 aromatic rings. The van der Waals surface area contributed by atoms with E-state index in [1.54, 1.807) is 6.92 Å². The maximum Gasteiger partial charge on any atom is 0.332 e. The lowest BCUT2D eigenvalue weighted by Crippen LogP contribution is -2.69. The van der Waals surface area contributed by atoms with Crippen molar-refractivity contribution in [1.82, 2.24) is 14.6 Å². The summed E-state index contributed by atoms with van der Waals surface area (Å²) >= 11 is 1.53. The van der Waals surface area contributed by atoms with E-state index < -0.39 is 48.0 Å². The van der Waals surface area contributed by atoms with Crippen molar-refractivity contribution in [2.24, 2.45) is 0 Å². The van der Waals surface area contributed by atoms with E-state index in [4.69, 9.17) is 4.74 Å². The van der Waals surface area contributed by atoms with Gasteiger partial charge in [0.2, 0.25) is 5.72 Å². The van der Waals surface area contributed by atoms with E-state index in [0.29, 0.717) is 17.4 Å². The minimum absolute atomic E-state index is 0.110. The standard InChI is InChI=1S/C14H21FIN3O8/c1-2-3-4-9(15)19(26)13(24)10(21)8(6-20)27-14(13,25)18-5-7(16)11(22)17-12(18)23/h5,8-10,20-21,24-26H,2-4,6H2,1H3,(H,17,22,23)/t8-,9?,10-,13-,14+/m1/s1.